The van der Waals surface area contributed by atoms with E-state index in [2.05, 4.69) is 10.3 Å². The number of nitrogens with zero attached hydrogens (tertiary/aromatic N) is 2. The Morgan fingerprint density at radius 1 is 1.20 bits per heavy atom. The van der Waals surface area contributed by atoms with Crippen molar-refractivity contribution in [1.82, 2.24) is 4.98 Å². The summed E-state index contributed by atoms with van der Waals surface area (Å²) in [5.74, 6) is 0.332. The van der Waals surface area contributed by atoms with Crippen LogP contribution in [0.4, 0.5) is 11.5 Å². The van der Waals surface area contributed by atoms with Crippen molar-refractivity contribution in [2.75, 3.05) is 24.3 Å². The highest BCUT2D eigenvalue weighted by molar-refractivity contribution is 6.35. The van der Waals surface area contributed by atoms with Crippen LogP contribution in [0.5, 0.6) is 0 Å². The van der Waals surface area contributed by atoms with E-state index >= 15 is 0 Å². The fourth-order valence-electron chi connectivity index (χ4n) is 1.76. The molecule has 104 valence electrons. The molecule has 0 spiro atoms. The first-order valence-electron chi connectivity index (χ1n) is 5.87. The van der Waals surface area contributed by atoms with E-state index in [4.69, 9.17) is 23.2 Å². The molecule has 2 aromatic rings. The Bertz CT molecular complexity index is 624. The number of hydrogen-bond donors (Lipinski definition) is 1. The highest BCUT2D eigenvalue weighted by Crippen LogP contribution is 2.23. The molecule has 20 heavy (non-hydrogen) atoms. The van der Waals surface area contributed by atoms with Gasteiger partial charge < -0.3 is 10.2 Å². The molecule has 0 atom stereocenters. The fraction of sp³-hybridized carbons (Fsp3) is 0.143. The van der Waals surface area contributed by atoms with Gasteiger partial charge in [-0.3, -0.25) is 4.79 Å². The van der Waals surface area contributed by atoms with E-state index in [-0.39, 0.29) is 5.91 Å². The number of hydrogen-bond acceptors (Lipinski definition) is 3. The van der Waals surface area contributed by atoms with Crippen LogP contribution < -0.4 is 10.2 Å². The molecule has 0 saturated carbocycles. The van der Waals surface area contributed by atoms with Gasteiger partial charge in [-0.25, -0.2) is 4.98 Å². The van der Waals surface area contributed by atoms with Crippen molar-refractivity contribution in [2.24, 2.45) is 0 Å². The number of halogens is 2. The summed E-state index contributed by atoms with van der Waals surface area (Å²) in [4.78, 5) is 18.3. The third kappa shape index (κ3) is 3.40. The summed E-state index contributed by atoms with van der Waals surface area (Å²) in [5.41, 5.74) is 1.02. The van der Waals surface area contributed by atoms with E-state index < -0.39 is 0 Å². The number of aromatic nitrogens is 1. The molecular weight excluding hydrogens is 297 g/mol. The lowest BCUT2D eigenvalue weighted by Crippen LogP contribution is -2.19. The van der Waals surface area contributed by atoms with Gasteiger partial charge in [0.2, 0.25) is 0 Å². The van der Waals surface area contributed by atoms with Crippen LogP contribution in [0, 0.1) is 0 Å². The Balaban J connectivity index is 2.28. The van der Waals surface area contributed by atoms with Crippen molar-refractivity contribution in [3.05, 3.63) is 52.1 Å². The summed E-state index contributed by atoms with van der Waals surface area (Å²) >= 11 is 11.8. The molecule has 0 bridgehead atoms. The molecule has 0 aliphatic rings. The van der Waals surface area contributed by atoms with E-state index in [1.807, 2.05) is 14.1 Å². The topological polar surface area (TPSA) is 45.2 Å². The molecular formula is C14H13Cl2N3O. The van der Waals surface area contributed by atoms with Crippen molar-refractivity contribution in [2.45, 2.75) is 0 Å². The average molecular weight is 310 g/mol. The van der Waals surface area contributed by atoms with Crippen LogP contribution in [-0.2, 0) is 0 Å². The summed E-state index contributed by atoms with van der Waals surface area (Å²) in [6.45, 7) is 0. The van der Waals surface area contributed by atoms with Crippen molar-refractivity contribution in [3.63, 3.8) is 0 Å². The van der Waals surface area contributed by atoms with Crippen LogP contribution in [-0.4, -0.2) is 25.0 Å². The molecule has 1 N–H and O–H groups in total. The summed E-state index contributed by atoms with van der Waals surface area (Å²) < 4.78 is 0. The number of anilines is 2. The lowest BCUT2D eigenvalue weighted by Gasteiger charge is -2.15. The van der Waals surface area contributed by atoms with E-state index in [0.717, 1.165) is 0 Å². The molecule has 0 saturated heterocycles. The van der Waals surface area contributed by atoms with Gasteiger partial charge in [-0.2, -0.15) is 0 Å². The normalized spacial score (nSPS) is 10.2. The predicted molar refractivity (Wildman–Crippen MR) is 83.0 cm³/mol. The minimum absolute atomic E-state index is 0.264. The zero-order valence-corrected chi connectivity index (χ0v) is 12.5. The standard InChI is InChI=1S/C14H13Cl2N3O/c1-19(2)13-12(4-3-5-17-13)14(20)18-11-7-9(15)6-10(16)8-11/h3-8H,1-2H3,(H,18,20). The Morgan fingerprint density at radius 3 is 2.45 bits per heavy atom. The first kappa shape index (κ1) is 14.6. The van der Waals surface area contributed by atoms with Gasteiger partial charge in [-0.1, -0.05) is 23.2 Å². The number of rotatable bonds is 3. The first-order chi connectivity index (χ1) is 9.47. The van der Waals surface area contributed by atoms with E-state index in [0.29, 0.717) is 27.1 Å². The molecule has 1 amide bonds. The number of benzene rings is 1. The van der Waals surface area contributed by atoms with E-state index in [1.165, 1.54) is 0 Å². The SMILES string of the molecule is CN(C)c1ncccc1C(=O)Nc1cc(Cl)cc(Cl)c1. The summed E-state index contributed by atoms with van der Waals surface area (Å²) in [6.07, 6.45) is 1.64. The molecule has 2 rings (SSSR count). The van der Waals surface area contributed by atoms with Gasteiger partial charge >= 0.3 is 0 Å². The molecule has 0 aliphatic heterocycles. The van der Waals surface area contributed by atoms with Crippen LogP contribution in [0.15, 0.2) is 36.5 Å². The number of carbonyl (C=O) groups is 1. The van der Waals surface area contributed by atoms with Crippen LogP contribution in [0.2, 0.25) is 10.0 Å². The lowest BCUT2D eigenvalue weighted by atomic mass is 10.2. The highest BCUT2D eigenvalue weighted by Gasteiger charge is 2.14. The number of amides is 1. The van der Waals surface area contributed by atoms with Crippen molar-refractivity contribution in [1.29, 1.82) is 0 Å². The summed E-state index contributed by atoms with van der Waals surface area (Å²) in [7, 11) is 3.66. The minimum atomic E-state index is -0.264. The fourth-order valence-corrected chi connectivity index (χ4v) is 2.28. The zero-order chi connectivity index (χ0) is 14.7. The summed E-state index contributed by atoms with van der Waals surface area (Å²) in [6, 6.07) is 8.30. The Hall–Kier alpha value is -1.78. The smallest absolute Gasteiger partial charge is 0.259 e. The van der Waals surface area contributed by atoms with Crippen LogP contribution in [0.3, 0.4) is 0 Å². The second-order valence-corrected chi connectivity index (χ2v) is 5.25. The predicted octanol–water partition coefficient (Wildman–Crippen LogP) is 3.71. The monoisotopic (exact) mass is 309 g/mol. The molecule has 0 fully saturated rings. The lowest BCUT2D eigenvalue weighted by molar-refractivity contribution is 0.102. The van der Waals surface area contributed by atoms with Gasteiger partial charge in [0, 0.05) is 36.0 Å². The van der Waals surface area contributed by atoms with Gasteiger partial charge in [0.25, 0.3) is 5.91 Å². The molecule has 0 radical (unpaired) electrons. The van der Waals surface area contributed by atoms with Gasteiger partial charge in [0.05, 0.1) is 5.56 Å². The maximum absolute atomic E-state index is 12.3. The van der Waals surface area contributed by atoms with E-state index in [1.54, 1.807) is 41.4 Å². The zero-order valence-electron chi connectivity index (χ0n) is 11.0. The van der Waals surface area contributed by atoms with Crippen molar-refractivity contribution < 1.29 is 4.79 Å². The third-order valence-corrected chi connectivity index (χ3v) is 3.01. The molecule has 0 aliphatic carbocycles. The average Bonchev–Trinajstić information content (AvgIpc) is 2.37. The first-order valence-corrected chi connectivity index (χ1v) is 6.63. The Labute approximate surface area is 127 Å². The molecule has 4 nitrogen and oxygen atoms in total. The maximum Gasteiger partial charge on any atom is 0.259 e. The second kappa shape index (κ2) is 6.11. The van der Waals surface area contributed by atoms with Gasteiger partial charge in [-0.15, -0.1) is 0 Å². The van der Waals surface area contributed by atoms with Gasteiger partial charge in [-0.05, 0) is 30.3 Å². The van der Waals surface area contributed by atoms with Crippen molar-refractivity contribution >= 4 is 40.6 Å². The number of pyridine rings is 1. The maximum atomic E-state index is 12.3. The van der Waals surface area contributed by atoms with Crippen LogP contribution in [0.1, 0.15) is 10.4 Å². The third-order valence-electron chi connectivity index (χ3n) is 2.58. The molecule has 0 unspecified atom stereocenters. The molecule has 1 heterocycles. The summed E-state index contributed by atoms with van der Waals surface area (Å²) in [5, 5.41) is 3.69. The van der Waals surface area contributed by atoms with Crippen LogP contribution in [0.25, 0.3) is 0 Å². The minimum Gasteiger partial charge on any atom is -0.362 e. The number of carbonyl (C=O) groups excluding carboxylic acids is 1. The van der Waals surface area contributed by atoms with Crippen molar-refractivity contribution in [3.8, 4) is 0 Å². The van der Waals surface area contributed by atoms with Gasteiger partial charge in [0.1, 0.15) is 5.82 Å². The van der Waals surface area contributed by atoms with Gasteiger partial charge in [0.15, 0.2) is 0 Å². The molecule has 1 aromatic carbocycles. The second-order valence-electron chi connectivity index (χ2n) is 4.38. The highest BCUT2D eigenvalue weighted by atomic mass is 35.5. The van der Waals surface area contributed by atoms with E-state index in [9.17, 15) is 4.79 Å². The van der Waals surface area contributed by atoms with Crippen LogP contribution >= 0.6 is 23.2 Å². The quantitative estimate of drug-likeness (QED) is 0.940. The number of nitrogens with one attached hydrogen (secondary N) is 1. The molecule has 1 aromatic heterocycles. The Morgan fingerprint density at radius 2 is 1.85 bits per heavy atom. The molecule has 6 heteroatoms. The Kier molecular flexibility index (Phi) is 4.47. The largest absolute Gasteiger partial charge is 0.362 e.